The molecule has 1 unspecified atom stereocenters. The quantitative estimate of drug-likeness (QED) is 0.480. The fourth-order valence-corrected chi connectivity index (χ4v) is 1.79. The molecule has 2 aromatic rings. The maximum absolute atomic E-state index is 10.9. The van der Waals surface area contributed by atoms with Crippen molar-refractivity contribution in [1.82, 2.24) is 4.98 Å². The highest BCUT2D eigenvalue weighted by Gasteiger charge is 2.18. The first-order chi connectivity index (χ1) is 8.50. The smallest absolute Gasteiger partial charge is 0.273 e. The maximum atomic E-state index is 10.9. The van der Waals surface area contributed by atoms with Crippen molar-refractivity contribution in [2.45, 2.75) is 19.2 Å². The molecule has 6 heteroatoms. The molecule has 0 radical (unpaired) electrons. The Morgan fingerprint density at radius 2 is 2.22 bits per heavy atom. The zero-order valence-electron chi connectivity index (χ0n) is 9.88. The molecule has 0 aliphatic carbocycles. The number of benzene rings is 1. The number of rotatable bonds is 3. The molecule has 0 N–H and O–H groups in total. The van der Waals surface area contributed by atoms with Crippen LogP contribution in [0.15, 0.2) is 28.8 Å². The molecule has 94 valence electrons. The van der Waals surface area contributed by atoms with Crippen molar-refractivity contribution < 1.29 is 9.34 Å². The van der Waals surface area contributed by atoms with Crippen molar-refractivity contribution in [3.63, 3.8) is 0 Å². The van der Waals surface area contributed by atoms with Gasteiger partial charge < -0.3 is 4.42 Å². The third-order valence-corrected chi connectivity index (χ3v) is 2.82. The van der Waals surface area contributed by atoms with Crippen LogP contribution in [0.2, 0.25) is 0 Å². The summed E-state index contributed by atoms with van der Waals surface area (Å²) in [5.41, 5.74) is 1.26. The first-order valence-corrected chi connectivity index (χ1v) is 5.78. The number of nitro groups is 1. The van der Waals surface area contributed by atoms with Gasteiger partial charge in [-0.15, -0.1) is 11.6 Å². The SMILES string of the molecule is Cc1c(-c2cnc(C(C)Cl)o2)cccc1[N+](=O)[O-]. The van der Waals surface area contributed by atoms with Crippen LogP contribution in [0.25, 0.3) is 11.3 Å². The molecular weight excluding hydrogens is 256 g/mol. The van der Waals surface area contributed by atoms with Gasteiger partial charge in [-0.1, -0.05) is 12.1 Å². The molecule has 1 atom stereocenters. The van der Waals surface area contributed by atoms with Gasteiger partial charge in [-0.2, -0.15) is 0 Å². The molecular formula is C12H11ClN2O3. The Bertz CT molecular complexity index is 593. The molecule has 1 aromatic carbocycles. The van der Waals surface area contributed by atoms with Gasteiger partial charge in [0.15, 0.2) is 5.76 Å². The van der Waals surface area contributed by atoms with Gasteiger partial charge in [-0.3, -0.25) is 10.1 Å². The molecule has 1 heterocycles. The van der Waals surface area contributed by atoms with E-state index in [-0.39, 0.29) is 11.1 Å². The summed E-state index contributed by atoms with van der Waals surface area (Å²) in [6, 6.07) is 4.83. The Morgan fingerprint density at radius 3 is 2.78 bits per heavy atom. The van der Waals surface area contributed by atoms with E-state index in [1.165, 1.54) is 12.3 Å². The average molecular weight is 267 g/mol. The molecule has 0 fully saturated rings. The van der Waals surface area contributed by atoms with E-state index in [2.05, 4.69) is 4.98 Å². The second kappa shape index (κ2) is 4.78. The molecule has 1 aromatic heterocycles. The highest BCUT2D eigenvalue weighted by Crippen LogP contribution is 2.31. The normalized spacial score (nSPS) is 12.4. The number of nitro benzene ring substituents is 1. The lowest BCUT2D eigenvalue weighted by Gasteiger charge is -2.02. The first kappa shape index (κ1) is 12.6. The lowest BCUT2D eigenvalue weighted by atomic mass is 10.1. The third-order valence-electron chi connectivity index (χ3n) is 2.63. The fourth-order valence-electron chi connectivity index (χ4n) is 1.68. The number of aromatic nitrogens is 1. The molecule has 0 aliphatic rings. The Balaban J connectivity index is 2.50. The first-order valence-electron chi connectivity index (χ1n) is 5.35. The summed E-state index contributed by atoms with van der Waals surface area (Å²) in [6.07, 6.45) is 1.53. The molecule has 0 aliphatic heterocycles. The molecule has 0 bridgehead atoms. The van der Waals surface area contributed by atoms with Gasteiger partial charge in [0.1, 0.15) is 5.38 Å². The van der Waals surface area contributed by atoms with Crippen LogP contribution in [0.4, 0.5) is 5.69 Å². The molecule has 0 saturated carbocycles. The summed E-state index contributed by atoms with van der Waals surface area (Å²) in [7, 11) is 0. The van der Waals surface area contributed by atoms with Crippen molar-refractivity contribution in [2.24, 2.45) is 0 Å². The van der Waals surface area contributed by atoms with Crippen molar-refractivity contribution in [1.29, 1.82) is 0 Å². The van der Waals surface area contributed by atoms with Crippen molar-refractivity contribution in [2.75, 3.05) is 0 Å². The van der Waals surface area contributed by atoms with Gasteiger partial charge in [0, 0.05) is 17.2 Å². The molecule has 2 rings (SSSR count). The number of halogens is 1. The minimum absolute atomic E-state index is 0.0596. The van der Waals surface area contributed by atoms with Gasteiger partial charge >= 0.3 is 0 Å². The Morgan fingerprint density at radius 1 is 1.50 bits per heavy atom. The predicted molar refractivity (Wildman–Crippen MR) is 67.6 cm³/mol. The van der Waals surface area contributed by atoms with E-state index in [1.54, 1.807) is 26.0 Å². The van der Waals surface area contributed by atoms with Crippen LogP contribution >= 0.6 is 11.6 Å². The minimum atomic E-state index is -0.416. The standard InChI is InChI=1S/C12H11ClN2O3/c1-7-9(4-3-5-10(7)15(16)17)11-6-14-12(18-11)8(2)13/h3-6,8H,1-2H3. The fraction of sp³-hybridized carbons (Fsp3) is 0.250. The van der Waals surface area contributed by atoms with Crippen LogP contribution in [-0.2, 0) is 0 Å². The summed E-state index contributed by atoms with van der Waals surface area (Å²) >= 11 is 5.86. The molecule has 5 nitrogen and oxygen atoms in total. The third kappa shape index (κ3) is 2.22. The lowest BCUT2D eigenvalue weighted by molar-refractivity contribution is -0.385. The largest absolute Gasteiger partial charge is 0.439 e. The van der Waals surface area contributed by atoms with Crippen LogP contribution in [0.5, 0.6) is 0 Å². The van der Waals surface area contributed by atoms with Crippen LogP contribution in [-0.4, -0.2) is 9.91 Å². The molecule has 0 amide bonds. The van der Waals surface area contributed by atoms with E-state index in [1.807, 2.05) is 0 Å². The van der Waals surface area contributed by atoms with E-state index in [0.29, 0.717) is 22.8 Å². The van der Waals surface area contributed by atoms with Gasteiger partial charge in [0.2, 0.25) is 5.89 Å². The highest BCUT2D eigenvalue weighted by molar-refractivity contribution is 6.20. The van der Waals surface area contributed by atoms with E-state index >= 15 is 0 Å². The lowest BCUT2D eigenvalue weighted by Crippen LogP contribution is -1.93. The monoisotopic (exact) mass is 266 g/mol. The van der Waals surface area contributed by atoms with Crippen molar-refractivity contribution >= 4 is 17.3 Å². The Kier molecular flexibility index (Phi) is 3.34. The van der Waals surface area contributed by atoms with Crippen LogP contribution in [0.1, 0.15) is 23.8 Å². The molecule has 0 spiro atoms. The van der Waals surface area contributed by atoms with Crippen LogP contribution in [0, 0.1) is 17.0 Å². The van der Waals surface area contributed by atoms with E-state index in [4.69, 9.17) is 16.0 Å². The summed E-state index contributed by atoms with van der Waals surface area (Å²) in [5, 5.41) is 10.5. The van der Waals surface area contributed by atoms with Crippen molar-refractivity contribution in [3.05, 3.63) is 46.0 Å². The number of alkyl halides is 1. The number of hydrogen-bond acceptors (Lipinski definition) is 4. The van der Waals surface area contributed by atoms with Crippen molar-refractivity contribution in [3.8, 4) is 11.3 Å². The van der Waals surface area contributed by atoms with Gasteiger partial charge in [-0.25, -0.2) is 4.98 Å². The Labute approximate surface area is 109 Å². The van der Waals surface area contributed by atoms with Gasteiger partial charge in [0.25, 0.3) is 5.69 Å². The van der Waals surface area contributed by atoms with Crippen LogP contribution in [0.3, 0.4) is 0 Å². The number of oxazole rings is 1. The van der Waals surface area contributed by atoms with E-state index in [9.17, 15) is 10.1 Å². The molecule has 0 saturated heterocycles. The highest BCUT2D eigenvalue weighted by atomic mass is 35.5. The van der Waals surface area contributed by atoms with E-state index < -0.39 is 4.92 Å². The van der Waals surface area contributed by atoms with Gasteiger partial charge in [0.05, 0.1) is 11.1 Å². The summed E-state index contributed by atoms with van der Waals surface area (Å²) in [5.74, 6) is 0.885. The molecule has 18 heavy (non-hydrogen) atoms. The zero-order chi connectivity index (χ0) is 13.3. The predicted octanol–water partition coefficient (Wildman–Crippen LogP) is 3.86. The maximum Gasteiger partial charge on any atom is 0.273 e. The summed E-state index contributed by atoms with van der Waals surface area (Å²) in [6.45, 7) is 3.43. The zero-order valence-corrected chi connectivity index (χ0v) is 10.6. The summed E-state index contributed by atoms with van der Waals surface area (Å²) in [4.78, 5) is 14.5. The minimum Gasteiger partial charge on any atom is -0.439 e. The average Bonchev–Trinajstić information content (AvgIpc) is 2.78. The van der Waals surface area contributed by atoms with E-state index in [0.717, 1.165) is 0 Å². The second-order valence-corrected chi connectivity index (χ2v) is 4.54. The Hall–Kier alpha value is -1.88. The van der Waals surface area contributed by atoms with Crippen LogP contribution < -0.4 is 0 Å². The summed E-state index contributed by atoms with van der Waals surface area (Å²) < 4.78 is 5.48. The number of hydrogen-bond donors (Lipinski definition) is 0. The topological polar surface area (TPSA) is 69.2 Å². The number of nitrogens with zero attached hydrogens (tertiary/aromatic N) is 2. The second-order valence-electron chi connectivity index (χ2n) is 3.89. The van der Waals surface area contributed by atoms with Gasteiger partial charge in [-0.05, 0) is 13.8 Å².